The average molecular weight is 383 g/mol. The zero-order valence-corrected chi connectivity index (χ0v) is 14.9. The molecule has 0 spiro atoms. The number of aromatic hydroxyl groups is 1. The zero-order chi connectivity index (χ0) is 18.1. The molecule has 0 aliphatic rings. The summed E-state index contributed by atoms with van der Waals surface area (Å²) in [5, 5.41) is 10.9. The molecule has 0 fully saturated rings. The number of para-hydroxylation sites is 1. The highest BCUT2D eigenvalue weighted by molar-refractivity contribution is 6.33. The van der Waals surface area contributed by atoms with Crippen LogP contribution in [0.3, 0.4) is 0 Å². The third kappa shape index (κ3) is 3.29. The van der Waals surface area contributed by atoms with Crippen molar-refractivity contribution in [2.45, 2.75) is 0 Å². The van der Waals surface area contributed by atoms with Crippen LogP contribution < -0.4 is 0 Å². The lowest BCUT2D eigenvalue weighted by Crippen LogP contribution is -1.82. The van der Waals surface area contributed by atoms with Gasteiger partial charge in [-0.25, -0.2) is 4.98 Å². The largest absolute Gasteiger partial charge is 0.507 e. The fraction of sp³-hybridized carbons (Fsp3) is 0. The number of halogens is 2. The van der Waals surface area contributed by atoms with Gasteiger partial charge in [0.25, 0.3) is 0 Å². The number of fused-ring (bicyclic) bond motifs is 1. The van der Waals surface area contributed by atoms with Crippen LogP contribution in [0.1, 0.15) is 5.56 Å². The van der Waals surface area contributed by atoms with Crippen LogP contribution in [0.15, 0.2) is 70.1 Å². The normalized spacial score (nSPS) is 11.5. The number of rotatable bonds is 3. The quantitative estimate of drug-likeness (QED) is 0.425. The van der Waals surface area contributed by atoms with Crippen molar-refractivity contribution in [3.05, 3.63) is 76.3 Å². The first-order valence-corrected chi connectivity index (χ1v) is 8.54. The molecular formula is C20H12Cl2N2O2. The summed E-state index contributed by atoms with van der Waals surface area (Å²) < 4.78 is 5.78. The molecule has 3 aromatic carbocycles. The van der Waals surface area contributed by atoms with E-state index in [9.17, 15) is 5.11 Å². The number of phenols is 1. The number of phenolic OH excluding ortho intramolecular Hbond substituents is 1. The smallest absolute Gasteiger partial charge is 0.228 e. The van der Waals surface area contributed by atoms with E-state index in [2.05, 4.69) is 9.98 Å². The van der Waals surface area contributed by atoms with Crippen LogP contribution in [0.2, 0.25) is 10.0 Å². The minimum Gasteiger partial charge on any atom is -0.507 e. The van der Waals surface area contributed by atoms with Gasteiger partial charge in [0.2, 0.25) is 5.89 Å². The van der Waals surface area contributed by atoms with Crippen molar-refractivity contribution in [3.63, 3.8) is 0 Å². The Balaban J connectivity index is 1.73. The lowest BCUT2D eigenvalue weighted by atomic mass is 10.2. The van der Waals surface area contributed by atoms with Crippen molar-refractivity contribution in [3.8, 4) is 17.2 Å². The molecule has 0 radical (unpaired) electrons. The van der Waals surface area contributed by atoms with Gasteiger partial charge in [0.15, 0.2) is 5.58 Å². The molecule has 0 unspecified atom stereocenters. The standard InChI is InChI=1S/C20H12Cl2N2O2/c21-13-5-8-19-17(9-13)24-20(26-19)15-10-14(6-7-16(15)22)23-11-12-3-1-2-4-18(12)25/h1-11,25H. The van der Waals surface area contributed by atoms with E-state index >= 15 is 0 Å². The topological polar surface area (TPSA) is 58.6 Å². The molecule has 0 aliphatic heterocycles. The predicted octanol–water partition coefficient (Wildman–Crippen LogP) is 6.26. The molecule has 6 heteroatoms. The molecule has 0 saturated carbocycles. The van der Waals surface area contributed by atoms with E-state index in [0.29, 0.717) is 43.9 Å². The summed E-state index contributed by atoms with van der Waals surface area (Å²) in [6.07, 6.45) is 1.59. The van der Waals surface area contributed by atoms with Crippen LogP contribution >= 0.6 is 23.2 Å². The van der Waals surface area contributed by atoms with Gasteiger partial charge in [-0.15, -0.1) is 0 Å². The second kappa shape index (κ2) is 6.83. The SMILES string of the molecule is Oc1ccccc1C=Nc1ccc(Cl)c(-c2nc3cc(Cl)ccc3o2)c1. The Hall–Kier alpha value is -2.82. The van der Waals surface area contributed by atoms with E-state index in [4.69, 9.17) is 27.6 Å². The fourth-order valence-corrected chi connectivity index (χ4v) is 2.88. The molecule has 26 heavy (non-hydrogen) atoms. The van der Waals surface area contributed by atoms with Gasteiger partial charge in [-0.3, -0.25) is 4.99 Å². The van der Waals surface area contributed by atoms with Crippen molar-refractivity contribution in [2.24, 2.45) is 4.99 Å². The number of aliphatic imine (C=N–C) groups is 1. The lowest BCUT2D eigenvalue weighted by molar-refractivity contribution is 0.474. The van der Waals surface area contributed by atoms with Crippen molar-refractivity contribution in [2.75, 3.05) is 0 Å². The van der Waals surface area contributed by atoms with Crippen LogP contribution in [0.25, 0.3) is 22.6 Å². The first-order valence-electron chi connectivity index (χ1n) is 7.78. The first-order chi connectivity index (χ1) is 12.6. The van der Waals surface area contributed by atoms with Crippen molar-refractivity contribution >= 4 is 46.2 Å². The lowest BCUT2D eigenvalue weighted by Gasteiger charge is -2.02. The third-order valence-electron chi connectivity index (χ3n) is 3.82. The van der Waals surface area contributed by atoms with E-state index in [1.165, 1.54) is 0 Å². The molecule has 4 nitrogen and oxygen atoms in total. The third-order valence-corrected chi connectivity index (χ3v) is 4.38. The van der Waals surface area contributed by atoms with Gasteiger partial charge >= 0.3 is 0 Å². The zero-order valence-electron chi connectivity index (χ0n) is 13.4. The first kappa shape index (κ1) is 16.6. The summed E-state index contributed by atoms with van der Waals surface area (Å²) in [4.78, 5) is 8.85. The van der Waals surface area contributed by atoms with E-state index < -0.39 is 0 Å². The molecule has 4 aromatic rings. The van der Waals surface area contributed by atoms with Crippen LogP contribution in [0.5, 0.6) is 5.75 Å². The van der Waals surface area contributed by atoms with Crippen LogP contribution in [-0.2, 0) is 0 Å². The molecule has 1 heterocycles. The molecule has 0 aliphatic carbocycles. The molecular weight excluding hydrogens is 371 g/mol. The average Bonchev–Trinajstić information content (AvgIpc) is 3.05. The molecule has 1 N–H and O–H groups in total. The second-order valence-corrected chi connectivity index (χ2v) is 6.46. The Morgan fingerprint density at radius 1 is 1.00 bits per heavy atom. The summed E-state index contributed by atoms with van der Waals surface area (Å²) >= 11 is 12.3. The number of benzene rings is 3. The highest BCUT2D eigenvalue weighted by Crippen LogP contribution is 2.33. The van der Waals surface area contributed by atoms with Gasteiger partial charge in [-0.1, -0.05) is 35.3 Å². The maximum absolute atomic E-state index is 9.82. The monoisotopic (exact) mass is 382 g/mol. The van der Waals surface area contributed by atoms with Gasteiger partial charge in [-0.05, 0) is 48.5 Å². The predicted molar refractivity (Wildman–Crippen MR) is 105 cm³/mol. The van der Waals surface area contributed by atoms with E-state index in [0.717, 1.165) is 0 Å². The summed E-state index contributed by atoms with van der Waals surface area (Å²) in [5.74, 6) is 0.563. The molecule has 0 bridgehead atoms. The number of aromatic nitrogens is 1. The van der Waals surface area contributed by atoms with E-state index in [-0.39, 0.29) is 5.75 Å². The van der Waals surface area contributed by atoms with Gasteiger partial charge in [0.05, 0.1) is 16.3 Å². The Labute approximate surface area is 159 Å². The number of oxazole rings is 1. The summed E-state index contributed by atoms with van der Waals surface area (Å²) in [6.45, 7) is 0. The highest BCUT2D eigenvalue weighted by Gasteiger charge is 2.12. The summed E-state index contributed by atoms with van der Waals surface area (Å²) in [6, 6.07) is 17.5. The summed E-state index contributed by atoms with van der Waals surface area (Å²) in [5.41, 5.74) is 3.20. The summed E-state index contributed by atoms with van der Waals surface area (Å²) in [7, 11) is 0. The molecule has 0 amide bonds. The highest BCUT2D eigenvalue weighted by atomic mass is 35.5. The minimum atomic E-state index is 0.168. The molecule has 0 saturated heterocycles. The Morgan fingerprint density at radius 2 is 1.85 bits per heavy atom. The van der Waals surface area contributed by atoms with Gasteiger partial charge in [0, 0.05) is 16.8 Å². The van der Waals surface area contributed by atoms with Crippen LogP contribution in [0.4, 0.5) is 5.69 Å². The number of hydrogen-bond donors (Lipinski definition) is 1. The molecule has 1 aromatic heterocycles. The van der Waals surface area contributed by atoms with Crippen LogP contribution in [0, 0.1) is 0 Å². The van der Waals surface area contributed by atoms with Crippen molar-refractivity contribution < 1.29 is 9.52 Å². The maximum atomic E-state index is 9.82. The number of hydrogen-bond acceptors (Lipinski definition) is 4. The minimum absolute atomic E-state index is 0.168. The molecule has 128 valence electrons. The Bertz CT molecular complexity index is 1140. The van der Waals surface area contributed by atoms with Crippen LogP contribution in [-0.4, -0.2) is 16.3 Å². The fourth-order valence-electron chi connectivity index (χ4n) is 2.51. The Kier molecular flexibility index (Phi) is 4.37. The number of nitrogens with zero attached hydrogens (tertiary/aromatic N) is 2. The van der Waals surface area contributed by atoms with Crippen molar-refractivity contribution in [1.82, 2.24) is 4.98 Å². The molecule has 4 rings (SSSR count). The Morgan fingerprint density at radius 3 is 2.69 bits per heavy atom. The van der Waals surface area contributed by atoms with E-state index in [1.54, 1.807) is 60.8 Å². The second-order valence-electron chi connectivity index (χ2n) is 5.61. The van der Waals surface area contributed by atoms with Gasteiger partial charge < -0.3 is 9.52 Å². The van der Waals surface area contributed by atoms with E-state index in [1.807, 2.05) is 6.07 Å². The molecule has 0 atom stereocenters. The van der Waals surface area contributed by atoms with Crippen molar-refractivity contribution in [1.29, 1.82) is 0 Å². The van der Waals surface area contributed by atoms with Gasteiger partial charge in [-0.2, -0.15) is 0 Å². The van der Waals surface area contributed by atoms with Gasteiger partial charge in [0.1, 0.15) is 11.3 Å². The maximum Gasteiger partial charge on any atom is 0.228 e.